The number of hydrogen-bond donors (Lipinski definition) is 2. The third-order valence-corrected chi connectivity index (χ3v) is 8.90. The first kappa shape index (κ1) is 33.1. The first-order valence-corrected chi connectivity index (χ1v) is 15.8. The molecule has 50 heavy (non-hydrogen) atoms. The molecule has 5 aromatic rings. The summed E-state index contributed by atoms with van der Waals surface area (Å²) in [5.41, 5.74) is 3.70. The first-order chi connectivity index (χ1) is 24.2. The van der Waals surface area contributed by atoms with Crippen molar-refractivity contribution in [2.75, 3.05) is 16.8 Å². The third kappa shape index (κ3) is 5.90. The Hall–Kier alpha value is -6.81. The number of carbonyl (C=O) groups excluding carboxylic acids is 3. The van der Waals surface area contributed by atoms with Gasteiger partial charge in [-0.1, -0.05) is 30.3 Å². The van der Waals surface area contributed by atoms with Crippen molar-refractivity contribution in [1.29, 1.82) is 15.8 Å². The molecule has 0 fully saturated rings. The molecule has 2 N–H and O–H groups in total. The third-order valence-electron chi connectivity index (χ3n) is 8.90. The molecule has 246 valence electrons. The van der Waals surface area contributed by atoms with E-state index in [-0.39, 0.29) is 23.4 Å². The van der Waals surface area contributed by atoms with Crippen LogP contribution in [0.3, 0.4) is 0 Å². The van der Waals surface area contributed by atoms with Crippen LogP contribution in [0.15, 0.2) is 91.0 Å². The van der Waals surface area contributed by atoms with Crippen LogP contribution in [0.5, 0.6) is 0 Å². The van der Waals surface area contributed by atoms with Gasteiger partial charge in [0, 0.05) is 10.9 Å². The summed E-state index contributed by atoms with van der Waals surface area (Å²) in [6.45, 7) is 3.26. The number of para-hydroxylation sites is 2. The minimum atomic E-state index is -1.22. The van der Waals surface area contributed by atoms with Crippen LogP contribution >= 0.6 is 0 Å². The van der Waals surface area contributed by atoms with E-state index in [1.165, 1.54) is 34.1 Å². The maximum Gasteiger partial charge on any atom is 0.258 e. The van der Waals surface area contributed by atoms with Gasteiger partial charge < -0.3 is 20.4 Å². The number of nitrogens with zero attached hydrogens (tertiary/aromatic N) is 7. The average molecular weight is 662 g/mol. The van der Waals surface area contributed by atoms with Crippen molar-refractivity contribution in [2.24, 2.45) is 0 Å². The molecule has 0 radical (unpaired) electrons. The predicted molar refractivity (Wildman–Crippen MR) is 186 cm³/mol. The van der Waals surface area contributed by atoms with Gasteiger partial charge in [-0.15, -0.1) is 0 Å². The summed E-state index contributed by atoms with van der Waals surface area (Å²) >= 11 is 0. The zero-order chi connectivity index (χ0) is 35.5. The summed E-state index contributed by atoms with van der Waals surface area (Å²) in [5.74, 6) is -1.43. The topological polar surface area (TPSA) is 171 Å². The lowest BCUT2D eigenvalue weighted by molar-refractivity contribution is -0.128. The number of nitrogens with one attached hydrogen (secondary N) is 2. The van der Waals surface area contributed by atoms with E-state index in [9.17, 15) is 30.2 Å². The zero-order valence-corrected chi connectivity index (χ0v) is 27.5. The number of nitriles is 3. The smallest absolute Gasteiger partial charge is 0.258 e. The Labute approximate surface area is 288 Å². The molecule has 6 rings (SSSR count). The summed E-state index contributed by atoms with van der Waals surface area (Å²) < 4.78 is 1.67. The summed E-state index contributed by atoms with van der Waals surface area (Å²) in [5, 5.41) is 40.5. The van der Waals surface area contributed by atoms with Crippen LogP contribution in [-0.4, -0.2) is 52.7 Å². The molecule has 12 heteroatoms. The number of likely N-dealkylation sites (N-methyl/N-ethyl adjacent to an activating group) is 1. The monoisotopic (exact) mass is 661 g/mol. The molecule has 2 heterocycles. The van der Waals surface area contributed by atoms with Crippen LogP contribution in [0.4, 0.5) is 11.4 Å². The average Bonchev–Trinajstić information content (AvgIpc) is 3.49. The maximum atomic E-state index is 14.8. The van der Waals surface area contributed by atoms with Crippen LogP contribution in [0.2, 0.25) is 0 Å². The van der Waals surface area contributed by atoms with E-state index in [1.807, 2.05) is 36.4 Å². The minimum Gasteiger partial charge on any atom is -0.341 e. The van der Waals surface area contributed by atoms with E-state index >= 15 is 0 Å². The minimum absolute atomic E-state index is 0.0699. The number of aromatic nitrogens is 2. The number of hydrogen-bond acceptors (Lipinski definition) is 8. The molecule has 12 nitrogen and oxygen atoms in total. The maximum absolute atomic E-state index is 14.8. The standard InChI is InChI=1S/C38H31N9O3/c1-23(42-3)36(48)43-35-24(2)46(37(49)27-15-12-25(19-39)13-16-27)34-18-26(20-40)14-17-33(34)45(38(35)50)22-30-29-9-5-7-11-32(29)47(44-30)31-10-6-4-8-28(31)21-41/h4-18,23-24,35,42H,22H2,1-3H3,(H,43,48)/t23?,24-,35-/m0/s1. The highest BCUT2D eigenvalue weighted by molar-refractivity contribution is 6.13. The van der Waals surface area contributed by atoms with Crippen molar-refractivity contribution in [1.82, 2.24) is 20.4 Å². The Balaban J connectivity index is 1.54. The molecular formula is C38H31N9O3. The van der Waals surface area contributed by atoms with Gasteiger partial charge in [-0.25, -0.2) is 4.68 Å². The van der Waals surface area contributed by atoms with Crippen LogP contribution in [0, 0.1) is 34.0 Å². The quantitative estimate of drug-likeness (QED) is 0.260. The van der Waals surface area contributed by atoms with Gasteiger partial charge in [0.15, 0.2) is 0 Å². The predicted octanol–water partition coefficient (Wildman–Crippen LogP) is 4.32. The van der Waals surface area contributed by atoms with E-state index in [0.717, 1.165) is 5.39 Å². The van der Waals surface area contributed by atoms with E-state index in [1.54, 1.807) is 62.0 Å². The fraction of sp³-hybridized carbons (Fsp3) is 0.184. The second kappa shape index (κ2) is 13.7. The molecule has 0 saturated heterocycles. The first-order valence-electron chi connectivity index (χ1n) is 15.8. The van der Waals surface area contributed by atoms with Crippen LogP contribution in [-0.2, 0) is 16.1 Å². The van der Waals surface area contributed by atoms with Gasteiger partial charge in [0.05, 0.1) is 75.7 Å². The molecular weight excluding hydrogens is 630 g/mol. The van der Waals surface area contributed by atoms with E-state index in [0.29, 0.717) is 33.7 Å². The Morgan fingerprint density at radius 2 is 1.54 bits per heavy atom. The van der Waals surface area contributed by atoms with Gasteiger partial charge in [-0.3, -0.25) is 14.4 Å². The number of rotatable bonds is 7. The highest BCUT2D eigenvalue weighted by atomic mass is 16.2. The Morgan fingerprint density at radius 1 is 0.860 bits per heavy atom. The number of carbonyl (C=O) groups is 3. The summed E-state index contributed by atoms with van der Waals surface area (Å²) in [6.07, 6.45) is 0. The second-order valence-corrected chi connectivity index (χ2v) is 11.8. The van der Waals surface area contributed by atoms with Crippen molar-refractivity contribution in [3.63, 3.8) is 0 Å². The highest BCUT2D eigenvalue weighted by Crippen LogP contribution is 2.39. The van der Waals surface area contributed by atoms with E-state index < -0.39 is 35.8 Å². The van der Waals surface area contributed by atoms with Gasteiger partial charge in [0.2, 0.25) is 5.91 Å². The van der Waals surface area contributed by atoms with E-state index in [4.69, 9.17) is 5.10 Å². The Bertz CT molecular complexity index is 2270. The van der Waals surface area contributed by atoms with Crippen molar-refractivity contribution >= 4 is 40.0 Å². The summed E-state index contributed by atoms with van der Waals surface area (Å²) in [7, 11) is 1.63. The molecule has 1 aliphatic rings. The molecule has 0 bridgehead atoms. The molecule has 0 spiro atoms. The molecule has 1 unspecified atom stereocenters. The number of amides is 3. The Morgan fingerprint density at radius 3 is 2.24 bits per heavy atom. The molecule has 1 aromatic heterocycles. The number of benzene rings is 4. The SMILES string of the molecule is CNC(C)C(=O)N[C@@H]1C(=O)N(Cc2nn(-c3ccccc3C#N)c3ccccc23)c2ccc(C#N)cc2N(C(=O)c2ccc(C#N)cc2)[C@H]1C. The van der Waals surface area contributed by atoms with Gasteiger partial charge in [0.25, 0.3) is 11.8 Å². The molecule has 0 saturated carbocycles. The molecule has 1 aliphatic heterocycles. The normalized spacial score (nSPS) is 16.0. The van der Waals surface area contributed by atoms with Crippen LogP contribution < -0.4 is 20.4 Å². The lowest BCUT2D eigenvalue weighted by Crippen LogP contribution is -2.59. The fourth-order valence-electron chi connectivity index (χ4n) is 6.09. The van der Waals surface area contributed by atoms with Crippen molar-refractivity contribution in [3.8, 4) is 23.9 Å². The summed E-state index contributed by atoms with van der Waals surface area (Å²) in [4.78, 5) is 45.4. The van der Waals surface area contributed by atoms with Crippen LogP contribution in [0.1, 0.15) is 46.6 Å². The number of anilines is 2. The largest absolute Gasteiger partial charge is 0.341 e. The van der Waals surface area contributed by atoms with Gasteiger partial charge in [-0.2, -0.15) is 20.9 Å². The lowest BCUT2D eigenvalue weighted by Gasteiger charge is -2.32. The molecule has 3 atom stereocenters. The van der Waals surface area contributed by atoms with Crippen molar-refractivity contribution < 1.29 is 14.4 Å². The zero-order valence-electron chi connectivity index (χ0n) is 27.5. The van der Waals surface area contributed by atoms with Crippen molar-refractivity contribution in [2.45, 2.75) is 38.5 Å². The summed E-state index contributed by atoms with van der Waals surface area (Å²) in [6, 6.07) is 29.0. The molecule has 3 amide bonds. The van der Waals surface area contributed by atoms with Crippen molar-refractivity contribution in [3.05, 3.63) is 119 Å². The van der Waals surface area contributed by atoms with E-state index in [2.05, 4.69) is 22.8 Å². The van der Waals surface area contributed by atoms with Gasteiger partial charge >= 0.3 is 0 Å². The molecule has 0 aliphatic carbocycles. The number of fused-ring (bicyclic) bond motifs is 2. The molecule has 4 aromatic carbocycles. The fourth-order valence-corrected chi connectivity index (χ4v) is 6.09. The Kier molecular flexibility index (Phi) is 9.09. The lowest BCUT2D eigenvalue weighted by atomic mass is 10.0. The highest BCUT2D eigenvalue weighted by Gasteiger charge is 2.43. The van der Waals surface area contributed by atoms with Gasteiger partial charge in [-0.05, 0) is 81.6 Å². The van der Waals surface area contributed by atoms with Crippen LogP contribution in [0.25, 0.3) is 16.6 Å². The second-order valence-electron chi connectivity index (χ2n) is 11.8. The van der Waals surface area contributed by atoms with Gasteiger partial charge in [0.1, 0.15) is 12.1 Å².